The lowest BCUT2D eigenvalue weighted by molar-refractivity contribution is -0.140. The van der Waals surface area contributed by atoms with Crippen LogP contribution in [0.2, 0.25) is 0 Å². The van der Waals surface area contributed by atoms with E-state index < -0.39 is 17.3 Å². The summed E-state index contributed by atoms with van der Waals surface area (Å²) in [6.07, 6.45) is -4.38. The lowest BCUT2D eigenvalue weighted by atomic mass is 10.1. The molecule has 0 aliphatic rings. The smallest absolute Gasteiger partial charge is 0.417 e. The maximum absolute atomic E-state index is 12.6. The van der Waals surface area contributed by atoms with Gasteiger partial charge in [0, 0.05) is 10.6 Å². The average Bonchev–Trinajstić information content (AvgIpc) is 2.37. The number of halogens is 3. The Labute approximate surface area is 112 Å². The van der Waals surface area contributed by atoms with Crippen LogP contribution in [0, 0.1) is 11.3 Å². The Morgan fingerprint density at radius 2 is 2.16 bits per heavy atom. The molecule has 0 unspecified atom stereocenters. The Morgan fingerprint density at radius 3 is 2.68 bits per heavy atom. The molecule has 1 aromatic carbocycles. The number of benzene rings is 1. The van der Waals surface area contributed by atoms with E-state index in [-0.39, 0.29) is 12.4 Å². The molecule has 0 radical (unpaired) electrons. The number of ether oxygens (including phenoxy) is 1. The van der Waals surface area contributed by atoms with E-state index >= 15 is 0 Å². The zero-order chi connectivity index (χ0) is 14.5. The van der Waals surface area contributed by atoms with Crippen molar-refractivity contribution < 1.29 is 22.7 Å². The van der Waals surface area contributed by atoms with Crippen LogP contribution < -0.4 is 0 Å². The molecule has 0 aliphatic heterocycles. The number of alkyl halides is 3. The first-order chi connectivity index (χ1) is 8.88. The van der Waals surface area contributed by atoms with Crippen molar-refractivity contribution in [3.8, 4) is 6.07 Å². The fourth-order valence-electron chi connectivity index (χ4n) is 1.31. The number of rotatable bonds is 4. The van der Waals surface area contributed by atoms with Crippen LogP contribution in [0.25, 0.3) is 0 Å². The van der Waals surface area contributed by atoms with E-state index in [0.29, 0.717) is 10.6 Å². The summed E-state index contributed by atoms with van der Waals surface area (Å²) in [4.78, 5) is 11.4. The van der Waals surface area contributed by atoms with Gasteiger partial charge < -0.3 is 4.74 Å². The number of nitriles is 1. The first-order valence-electron chi connectivity index (χ1n) is 5.19. The molecule has 0 heterocycles. The van der Waals surface area contributed by atoms with Gasteiger partial charge >= 0.3 is 12.1 Å². The third-order valence-electron chi connectivity index (χ3n) is 2.22. The molecule has 0 aromatic heterocycles. The van der Waals surface area contributed by atoms with Crippen LogP contribution in [0.4, 0.5) is 13.2 Å². The monoisotopic (exact) mass is 289 g/mol. The Hall–Kier alpha value is -1.68. The van der Waals surface area contributed by atoms with Gasteiger partial charge in [-0.2, -0.15) is 18.4 Å². The fraction of sp³-hybridized carbons (Fsp3) is 0.333. The van der Waals surface area contributed by atoms with Crippen LogP contribution >= 0.6 is 11.8 Å². The predicted octanol–water partition coefficient (Wildman–Crippen LogP) is 3.23. The molecule has 102 valence electrons. The van der Waals surface area contributed by atoms with Crippen LogP contribution in [0.1, 0.15) is 17.5 Å². The van der Waals surface area contributed by atoms with Gasteiger partial charge in [0.1, 0.15) is 0 Å². The molecule has 19 heavy (non-hydrogen) atoms. The molecule has 1 rings (SSSR count). The van der Waals surface area contributed by atoms with Gasteiger partial charge in [-0.3, -0.25) is 4.79 Å². The van der Waals surface area contributed by atoms with Crippen LogP contribution in [-0.2, 0) is 15.7 Å². The van der Waals surface area contributed by atoms with E-state index in [4.69, 9.17) is 5.26 Å². The predicted molar refractivity (Wildman–Crippen MR) is 63.5 cm³/mol. The topological polar surface area (TPSA) is 50.1 Å². The van der Waals surface area contributed by atoms with Gasteiger partial charge in [0.15, 0.2) is 0 Å². The first kappa shape index (κ1) is 15.4. The average molecular weight is 289 g/mol. The van der Waals surface area contributed by atoms with Crippen LogP contribution in [-0.4, -0.2) is 18.8 Å². The zero-order valence-electron chi connectivity index (χ0n) is 9.95. The van der Waals surface area contributed by atoms with Crippen molar-refractivity contribution >= 4 is 17.7 Å². The Bertz CT molecular complexity index is 509. The summed E-state index contributed by atoms with van der Waals surface area (Å²) in [7, 11) is 1.26. The second kappa shape index (κ2) is 6.48. The molecule has 0 fully saturated rings. The lowest BCUT2D eigenvalue weighted by Gasteiger charge is -2.09. The molecule has 0 spiro atoms. The Morgan fingerprint density at radius 1 is 1.47 bits per heavy atom. The highest BCUT2D eigenvalue weighted by atomic mass is 32.2. The molecular formula is C12H10F3NO2S. The molecule has 0 atom stereocenters. The van der Waals surface area contributed by atoms with Gasteiger partial charge in [0.05, 0.1) is 30.7 Å². The minimum atomic E-state index is -4.54. The Kier molecular flexibility index (Phi) is 5.24. The van der Waals surface area contributed by atoms with Gasteiger partial charge in [0.25, 0.3) is 0 Å². The molecule has 0 amide bonds. The van der Waals surface area contributed by atoms with Crippen molar-refractivity contribution in [1.29, 1.82) is 5.26 Å². The number of esters is 1. The third kappa shape index (κ3) is 4.48. The highest BCUT2D eigenvalue weighted by Gasteiger charge is 2.33. The van der Waals surface area contributed by atoms with E-state index in [9.17, 15) is 18.0 Å². The van der Waals surface area contributed by atoms with Crippen LogP contribution in [0.15, 0.2) is 23.1 Å². The van der Waals surface area contributed by atoms with Crippen molar-refractivity contribution in [2.24, 2.45) is 0 Å². The van der Waals surface area contributed by atoms with E-state index in [1.54, 1.807) is 0 Å². The van der Waals surface area contributed by atoms with Crippen molar-refractivity contribution in [2.75, 3.05) is 12.9 Å². The SMILES string of the molecule is COC(=O)CCSc1ccc(C(F)(F)F)c(C#N)c1. The molecule has 0 saturated heterocycles. The summed E-state index contributed by atoms with van der Waals surface area (Å²) in [6, 6.07) is 4.86. The van der Waals surface area contributed by atoms with Crippen LogP contribution in [0.5, 0.6) is 0 Å². The highest BCUT2D eigenvalue weighted by Crippen LogP contribution is 2.33. The number of carbonyl (C=O) groups is 1. The highest BCUT2D eigenvalue weighted by molar-refractivity contribution is 7.99. The third-order valence-corrected chi connectivity index (χ3v) is 3.21. The van der Waals surface area contributed by atoms with Gasteiger partial charge in [-0.05, 0) is 18.2 Å². The molecule has 0 bridgehead atoms. The number of thioether (sulfide) groups is 1. The van der Waals surface area contributed by atoms with E-state index in [2.05, 4.69) is 4.74 Å². The summed E-state index contributed by atoms with van der Waals surface area (Å²) >= 11 is 1.19. The Balaban J connectivity index is 2.79. The molecule has 0 aliphatic carbocycles. The lowest BCUT2D eigenvalue weighted by Crippen LogP contribution is -2.07. The molecular weight excluding hydrogens is 279 g/mol. The summed E-state index contributed by atoms with van der Waals surface area (Å²) < 4.78 is 42.1. The molecule has 7 heteroatoms. The summed E-state index contributed by atoms with van der Waals surface area (Å²) in [5.74, 6) is -0.0111. The van der Waals surface area contributed by atoms with Crippen LogP contribution in [0.3, 0.4) is 0 Å². The molecule has 3 nitrogen and oxygen atoms in total. The van der Waals surface area contributed by atoms with Crippen molar-refractivity contribution in [3.05, 3.63) is 29.3 Å². The molecule has 0 N–H and O–H groups in total. The summed E-state index contributed by atoms with van der Waals surface area (Å²) in [6.45, 7) is 0. The quantitative estimate of drug-likeness (QED) is 0.630. The minimum Gasteiger partial charge on any atom is -0.469 e. The van der Waals surface area contributed by atoms with E-state index in [0.717, 1.165) is 6.07 Å². The summed E-state index contributed by atoms with van der Waals surface area (Å²) in [5.41, 5.74) is -1.37. The van der Waals surface area contributed by atoms with Crippen molar-refractivity contribution in [3.63, 3.8) is 0 Å². The number of nitrogens with zero attached hydrogens (tertiary/aromatic N) is 1. The minimum absolute atomic E-state index is 0.157. The standard InChI is InChI=1S/C12H10F3NO2S/c1-18-11(17)4-5-19-9-2-3-10(12(13,14)15)8(6-9)7-16/h2-3,6H,4-5H2,1H3. The van der Waals surface area contributed by atoms with E-state index in [1.165, 1.54) is 37.1 Å². The normalized spacial score (nSPS) is 10.9. The second-order valence-corrected chi connectivity index (χ2v) is 4.66. The number of carbonyl (C=O) groups excluding carboxylic acids is 1. The molecule has 1 aromatic rings. The maximum atomic E-state index is 12.6. The number of hydrogen-bond acceptors (Lipinski definition) is 4. The van der Waals surface area contributed by atoms with Gasteiger partial charge in [0.2, 0.25) is 0 Å². The first-order valence-corrected chi connectivity index (χ1v) is 6.18. The zero-order valence-corrected chi connectivity index (χ0v) is 10.8. The maximum Gasteiger partial charge on any atom is 0.417 e. The number of hydrogen-bond donors (Lipinski definition) is 0. The van der Waals surface area contributed by atoms with Gasteiger partial charge in [-0.1, -0.05) is 0 Å². The van der Waals surface area contributed by atoms with Crippen molar-refractivity contribution in [1.82, 2.24) is 0 Å². The molecule has 0 saturated carbocycles. The summed E-state index contributed by atoms with van der Waals surface area (Å²) in [5, 5.41) is 8.72. The van der Waals surface area contributed by atoms with Gasteiger partial charge in [-0.25, -0.2) is 0 Å². The second-order valence-electron chi connectivity index (χ2n) is 3.49. The number of methoxy groups -OCH3 is 1. The largest absolute Gasteiger partial charge is 0.469 e. The van der Waals surface area contributed by atoms with E-state index in [1.807, 2.05) is 0 Å². The van der Waals surface area contributed by atoms with Gasteiger partial charge in [-0.15, -0.1) is 11.8 Å². The fourth-order valence-corrected chi connectivity index (χ4v) is 2.18. The van der Waals surface area contributed by atoms with Crippen molar-refractivity contribution in [2.45, 2.75) is 17.5 Å².